The molecule has 0 saturated carbocycles. The van der Waals surface area contributed by atoms with Crippen LogP contribution < -0.4 is 5.32 Å². The fraction of sp³-hybridized carbons (Fsp3) is 0.368. The maximum Gasteiger partial charge on any atom is 0.138 e. The number of hydrogen-bond acceptors (Lipinski definition) is 4. The Morgan fingerprint density at radius 2 is 1.96 bits per heavy atom. The number of nitrogens with one attached hydrogen (secondary N) is 1. The number of fused-ring (bicyclic) bond motifs is 3. The normalized spacial score (nSPS) is 15.3. The molecule has 0 spiro atoms. The predicted octanol–water partition coefficient (Wildman–Crippen LogP) is 5.13. The van der Waals surface area contributed by atoms with Gasteiger partial charge in [-0.3, -0.25) is 0 Å². The lowest BCUT2D eigenvalue weighted by atomic mass is 9.96. The third-order valence-electron chi connectivity index (χ3n) is 4.67. The van der Waals surface area contributed by atoms with Crippen LogP contribution in [0.15, 0.2) is 36.7 Å². The van der Waals surface area contributed by atoms with E-state index in [2.05, 4.69) is 52.5 Å². The van der Waals surface area contributed by atoms with Crippen LogP contribution in [-0.4, -0.2) is 9.97 Å². The molecule has 0 amide bonds. The Labute approximate surface area is 140 Å². The summed E-state index contributed by atoms with van der Waals surface area (Å²) in [5.41, 5.74) is 2.80. The van der Waals surface area contributed by atoms with Crippen molar-refractivity contribution in [1.82, 2.24) is 9.97 Å². The minimum Gasteiger partial charge on any atom is -0.363 e. The molecule has 3 nitrogen and oxygen atoms in total. The quantitative estimate of drug-likeness (QED) is 0.723. The molecule has 1 aliphatic rings. The Hall–Kier alpha value is -1.94. The lowest BCUT2D eigenvalue weighted by Crippen LogP contribution is -2.11. The van der Waals surface area contributed by atoms with Crippen LogP contribution in [0.3, 0.4) is 0 Å². The number of aromatic nitrogens is 2. The molecule has 0 bridgehead atoms. The van der Waals surface area contributed by atoms with Crippen molar-refractivity contribution in [3.05, 3.63) is 52.7 Å². The second-order valence-corrected chi connectivity index (χ2v) is 7.21. The van der Waals surface area contributed by atoms with Gasteiger partial charge in [0.05, 0.1) is 11.4 Å². The third kappa shape index (κ3) is 2.72. The van der Waals surface area contributed by atoms with E-state index in [1.807, 2.05) is 11.3 Å². The minimum atomic E-state index is 0.286. The number of thiophene rings is 1. The molecule has 2 heterocycles. The molecule has 23 heavy (non-hydrogen) atoms. The van der Waals surface area contributed by atoms with E-state index in [0.29, 0.717) is 0 Å². The Bertz CT molecular complexity index is 810. The predicted molar refractivity (Wildman–Crippen MR) is 97.2 cm³/mol. The molecule has 3 aromatic rings. The SMILES string of the molecule is CC[C@H](Nc1ncnc2sc3c(c12)CCCC3)c1ccccc1. The van der Waals surface area contributed by atoms with Crippen LogP contribution >= 0.6 is 11.3 Å². The smallest absolute Gasteiger partial charge is 0.138 e. The van der Waals surface area contributed by atoms with Crippen molar-refractivity contribution < 1.29 is 0 Å². The van der Waals surface area contributed by atoms with Gasteiger partial charge >= 0.3 is 0 Å². The molecule has 1 N–H and O–H groups in total. The van der Waals surface area contributed by atoms with Gasteiger partial charge in [0.25, 0.3) is 0 Å². The standard InChI is InChI=1S/C19H21N3S/c1-2-15(13-8-4-3-5-9-13)22-18-17-14-10-6-7-11-16(14)23-19(17)21-12-20-18/h3-5,8-9,12,15H,2,6-7,10-11H2,1H3,(H,20,21,22)/t15-/m0/s1. The van der Waals surface area contributed by atoms with Gasteiger partial charge in [-0.25, -0.2) is 9.97 Å². The molecular weight excluding hydrogens is 302 g/mol. The van der Waals surface area contributed by atoms with Crippen molar-refractivity contribution in [3.63, 3.8) is 0 Å². The molecule has 0 radical (unpaired) electrons. The van der Waals surface area contributed by atoms with Crippen molar-refractivity contribution >= 4 is 27.4 Å². The van der Waals surface area contributed by atoms with E-state index >= 15 is 0 Å². The number of rotatable bonds is 4. The zero-order valence-electron chi connectivity index (χ0n) is 13.4. The molecule has 1 aromatic carbocycles. The monoisotopic (exact) mass is 323 g/mol. The van der Waals surface area contributed by atoms with Gasteiger partial charge in [-0.05, 0) is 43.2 Å². The molecule has 4 heteroatoms. The van der Waals surface area contributed by atoms with E-state index in [9.17, 15) is 0 Å². The molecule has 4 rings (SSSR count). The maximum absolute atomic E-state index is 4.58. The Kier molecular flexibility index (Phi) is 4.00. The van der Waals surface area contributed by atoms with Gasteiger partial charge in [-0.2, -0.15) is 0 Å². The summed E-state index contributed by atoms with van der Waals surface area (Å²) >= 11 is 1.85. The van der Waals surface area contributed by atoms with Crippen molar-refractivity contribution in [2.24, 2.45) is 0 Å². The van der Waals surface area contributed by atoms with Crippen molar-refractivity contribution in [2.45, 2.75) is 45.1 Å². The molecule has 0 fully saturated rings. The number of benzene rings is 1. The third-order valence-corrected chi connectivity index (χ3v) is 5.87. The first-order valence-electron chi connectivity index (χ1n) is 8.43. The first kappa shape index (κ1) is 14.6. The van der Waals surface area contributed by atoms with Crippen molar-refractivity contribution in [2.75, 3.05) is 5.32 Å². The second-order valence-electron chi connectivity index (χ2n) is 6.13. The number of hydrogen-bond donors (Lipinski definition) is 1. The first-order valence-corrected chi connectivity index (χ1v) is 9.25. The van der Waals surface area contributed by atoms with E-state index in [1.54, 1.807) is 6.33 Å². The lowest BCUT2D eigenvalue weighted by molar-refractivity contribution is 0.699. The van der Waals surface area contributed by atoms with Crippen molar-refractivity contribution in [1.29, 1.82) is 0 Å². The number of anilines is 1. The fourth-order valence-electron chi connectivity index (χ4n) is 3.47. The maximum atomic E-state index is 4.58. The van der Waals surface area contributed by atoms with E-state index in [1.165, 1.54) is 47.1 Å². The van der Waals surface area contributed by atoms with E-state index < -0.39 is 0 Å². The first-order chi connectivity index (χ1) is 11.4. The van der Waals surface area contributed by atoms with Crippen LogP contribution in [0, 0.1) is 0 Å². The molecular formula is C19H21N3S. The Balaban J connectivity index is 1.75. The Morgan fingerprint density at radius 1 is 1.13 bits per heavy atom. The van der Waals surface area contributed by atoms with E-state index in [4.69, 9.17) is 0 Å². The molecule has 1 atom stereocenters. The fourth-order valence-corrected chi connectivity index (χ4v) is 4.70. The van der Waals surface area contributed by atoms with Gasteiger partial charge in [-0.1, -0.05) is 37.3 Å². The summed E-state index contributed by atoms with van der Waals surface area (Å²) in [6, 6.07) is 10.9. The molecule has 0 aliphatic heterocycles. The highest BCUT2D eigenvalue weighted by Gasteiger charge is 2.21. The summed E-state index contributed by atoms with van der Waals surface area (Å²) in [5.74, 6) is 1.00. The van der Waals surface area contributed by atoms with Crippen LogP contribution in [0.25, 0.3) is 10.2 Å². The lowest BCUT2D eigenvalue weighted by Gasteiger charge is -2.19. The highest BCUT2D eigenvalue weighted by atomic mass is 32.1. The largest absolute Gasteiger partial charge is 0.363 e. The minimum absolute atomic E-state index is 0.286. The second kappa shape index (κ2) is 6.28. The summed E-state index contributed by atoms with van der Waals surface area (Å²) in [4.78, 5) is 11.8. The number of nitrogens with zero attached hydrogens (tertiary/aromatic N) is 2. The summed E-state index contributed by atoms with van der Waals surface area (Å²) in [6.45, 7) is 2.21. The molecule has 2 aromatic heterocycles. The zero-order valence-corrected chi connectivity index (χ0v) is 14.2. The molecule has 1 aliphatic carbocycles. The van der Waals surface area contributed by atoms with Gasteiger partial charge < -0.3 is 5.32 Å². The van der Waals surface area contributed by atoms with Gasteiger partial charge in [0.15, 0.2) is 0 Å². The summed E-state index contributed by atoms with van der Waals surface area (Å²) in [7, 11) is 0. The highest BCUT2D eigenvalue weighted by Crippen LogP contribution is 2.39. The van der Waals surface area contributed by atoms with Crippen LogP contribution in [0.5, 0.6) is 0 Å². The van der Waals surface area contributed by atoms with Crippen LogP contribution in [0.4, 0.5) is 5.82 Å². The molecule has 0 unspecified atom stereocenters. The molecule has 118 valence electrons. The van der Waals surface area contributed by atoms with Crippen LogP contribution in [0.1, 0.15) is 48.2 Å². The van der Waals surface area contributed by atoms with Crippen LogP contribution in [-0.2, 0) is 12.8 Å². The zero-order chi connectivity index (χ0) is 15.6. The van der Waals surface area contributed by atoms with Gasteiger partial charge in [0.2, 0.25) is 0 Å². The Morgan fingerprint density at radius 3 is 2.78 bits per heavy atom. The number of aryl methyl sites for hydroxylation is 2. The van der Waals surface area contributed by atoms with E-state index in [-0.39, 0.29) is 6.04 Å². The summed E-state index contributed by atoms with van der Waals surface area (Å²) in [6.07, 6.45) is 7.68. The topological polar surface area (TPSA) is 37.8 Å². The van der Waals surface area contributed by atoms with Crippen LogP contribution in [0.2, 0.25) is 0 Å². The summed E-state index contributed by atoms with van der Waals surface area (Å²) < 4.78 is 0. The van der Waals surface area contributed by atoms with Crippen molar-refractivity contribution in [3.8, 4) is 0 Å². The summed E-state index contributed by atoms with van der Waals surface area (Å²) in [5, 5.41) is 4.95. The molecule has 0 saturated heterocycles. The van der Waals surface area contributed by atoms with E-state index in [0.717, 1.165) is 17.1 Å². The highest BCUT2D eigenvalue weighted by molar-refractivity contribution is 7.19. The average molecular weight is 323 g/mol. The van der Waals surface area contributed by atoms with Gasteiger partial charge in [0.1, 0.15) is 17.0 Å². The van der Waals surface area contributed by atoms with Gasteiger partial charge in [-0.15, -0.1) is 11.3 Å². The average Bonchev–Trinajstić information content (AvgIpc) is 2.99. The van der Waals surface area contributed by atoms with Gasteiger partial charge in [0, 0.05) is 4.88 Å².